The molecule has 0 saturated heterocycles. The summed E-state index contributed by atoms with van der Waals surface area (Å²) in [5, 5.41) is 10.1. The van der Waals surface area contributed by atoms with Crippen LogP contribution in [-0.4, -0.2) is 25.2 Å². The maximum Gasteiger partial charge on any atom is 0.297 e. The van der Waals surface area contributed by atoms with Crippen LogP contribution in [0.1, 0.15) is 32.8 Å². The summed E-state index contributed by atoms with van der Waals surface area (Å²) in [7, 11) is -3.91. The molecular formula is C15H22O4S. The quantitative estimate of drug-likeness (QED) is 0.648. The first-order chi connectivity index (χ1) is 9.02. The highest BCUT2D eigenvalue weighted by molar-refractivity contribution is 7.86. The molecular weight excluding hydrogens is 276 g/mol. The van der Waals surface area contributed by atoms with Gasteiger partial charge < -0.3 is 5.11 Å². The van der Waals surface area contributed by atoms with E-state index in [0.29, 0.717) is 0 Å². The van der Waals surface area contributed by atoms with E-state index >= 15 is 0 Å². The summed E-state index contributed by atoms with van der Waals surface area (Å²) in [5.41, 5.74) is 0.428. The van der Waals surface area contributed by atoms with E-state index in [9.17, 15) is 13.5 Å². The normalized spacial score (nSPS) is 14.1. The predicted octanol–water partition coefficient (Wildman–Crippen LogP) is 2.81. The molecule has 112 valence electrons. The van der Waals surface area contributed by atoms with E-state index in [1.54, 1.807) is 19.1 Å². The molecule has 1 aromatic carbocycles. The van der Waals surface area contributed by atoms with Crippen LogP contribution in [-0.2, 0) is 14.3 Å². The highest BCUT2D eigenvalue weighted by Gasteiger charge is 2.33. The SMILES string of the molecule is C=C(C)CC(OS(=O)(=O)c1ccc(C)cc1)C(C)(C)O. The van der Waals surface area contributed by atoms with Gasteiger partial charge in [-0.05, 0) is 46.2 Å². The standard InChI is InChI=1S/C15H22O4S/c1-11(2)10-14(15(4,5)16)19-20(17,18)13-8-6-12(3)7-9-13/h6-9,14,16H,1,10H2,2-5H3. The molecule has 4 nitrogen and oxygen atoms in total. The molecule has 0 amide bonds. The smallest absolute Gasteiger partial charge is 0.297 e. The van der Waals surface area contributed by atoms with E-state index in [0.717, 1.165) is 11.1 Å². The molecule has 0 radical (unpaired) electrons. The Morgan fingerprint density at radius 3 is 2.25 bits per heavy atom. The minimum atomic E-state index is -3.91. The van der Waals surface area contributed by atoms with Crippen LogP contribution in [0.15, 0.2) is 41.3 Å². The van der Waals surface area contributed by atoms with E-state index in [-0.39, 0.29) is 11.3 Å². The number of aliphatic hydroxyl groups is 1. The van der Waals surface area contributed by atoms with Crippen LogP contribution in [0.25, 0.3) is 0 Å². The van der Waals surface area contributed by atoms with Crippen molar-refractivity contribution in [3.63, 3.8) is 0 Å². The highest BCUT2D eigenvalue weighted by atomic mass is 32.2. The summed E-state index contributed by atoms with van der Waals surface area (Å²) < 4.78 is 29.6. The molecule has 0 fully saturated rings. The van der Waals surface area contributed by atoms with E-state index in [1.807, 2.05) is 6.92 Å². The molecule has 1 atom stereocenters. The lowest BCUT2D eigenvalue weighted by Crippen LogP contribution is -2.39. The summed E-state index contributed by atoms with van der Waals surface area (Å²) in [6.07, 6.45) is -0.597. The van der Waals surface area contributed by atoms with E-state index in [1.165, 1.54) is 26.0 Å². The second-order valence-electron chi connectivity index (χ2n) is 5.67. The molecule has 1 N–H and O–H groups in total. The van der Waals surface area contributed by atoms with Crippen molar-refractivity contribution < 1.29 is 17.7 Å². The highest BCUT2D eigenvalue weighted by Crippen LogP contribution is 2.24. The van der Waals surface area contributed by atoms with Gasteiger partial charge in [0.2, 0.25) is 0 Å². The third-order valence-electron chi connectivity index (χ3n) is 2.87. The molecule has 1 unspecified atom stereocenters. The Morgan fingerprint density at radius 1 is 1.35 bits per heavy atom. The average molecular weight is 298 g/mol. The molecule has 0 aliphatic carbocycles. The zero-order valence-electron chi connectivity index (χ0n) is 12.4. The van der Waals surface area contributed by atoms with Gasteiger partial charge in [-0.15, -0.1) is 6.58 Å². The fraction of sp³-hybridized carbons (Fsp3) is 0.467. The van der Waals surface area contributed by atoms with Crippen molar-refractivity contribution in [2.24, 2.45) is 0 Å². The third kappa shape index (κ3) is 4.74. The van der Waals surface area contributed by atoms with Crippen LogP contribution < -0.4 is 0 Å². The van der Waals surface area contributed by atoms with Crippen LogP contribution in [0.5, 0.6) is 0 Å². The van der Waals surface area contributed by atoms with Gasteiger partial charge in [0.15, 0.2) is 0 Å². The lowest BCUT2D eigenvalue weighted by molar-refractivity contribution is -0.0301. The van der Waals surface area contributed by atoms with Crippen LogP contribution in [0.4, 0.5) is 0 Å². The summed E-state index contributed by atoms with van der Waals surface area (Å²) >= 11 is 0. The van der Waals surface area contributed by atoms with Gasteiger partial charge in [0, 0.05) is 0 Å². The van der Waals surface area contributed by atoms with Crippen LogP contribution in [0.3, 0.4) is 0 Å². The van der Waals surface area contributed by atoms with E-state index in [4.69, 9.17) is 4.18 Å². The van der Waals surface area contributed by atoms with Crippen molar-refractivity contribution >= 4 is 10.1 Å². The van der Waals surface area contributed by atoms with Crippen LogP contribution in [0.2, 0.25) is 0 Å². The summed E-state index contributed by atoms with van der Waals surface area (Å²) in [6.45, 7) is 10.4. The van der Waals surface area contributed by atoms with Crippen molar-refractivity contribution in [3.8, 4) is 0 Å². The van der Waals surface area contributed by atoms with Crippen molar-refractivity contribution in [3.05, 3.63) is 42.0 Å². The molecule has 1 rings (SSSR count). The number of hydrogen-bond donors (Lipinski definition) is 1. The van der Waals surface area contributed by atoms with Crippen LogP contribution in [0, 0.1) is 6.92 Å². The van der Waals surface area contributed by atoms with Gasteiger partial charge in [-0.1, -0.05) is 23.3 Å². The lowest BCUT2D eigenvalue weighted by atomic mass is 9.96. The third-order valence-corrected chi connectivity index (χ3v) is 4.21. The first-order valence-electron chi connectivity index (χ1n) is 6.39. The van der Waals surface area contributed by atoms with Crippen molar-refractivity contribution in [2.45, 2.75) is 50.7 Å². The summed E-state index contributed by atoms with van der Waals surface area (Å²) in [6, 6.07) is 6.39. The molecule has 1 aromatic rings. The largest absolute Gasteiger partial charge is 0.388 e. The average Bonchev–Trinajstić information content (AvgIpc) is 2.26. The summed E-state index contributed by atoms with van der Waals surface area (Å²) in [4.78, 5) is 0.0825. The first-order valence-corrected chi connectivity index (χ1v) is 7.80. The van der Waals surface area contributed by atoms with E-state index in [2.05, 4.69) is 6.58 Å². The monoisotopic (exact) mass is 298 g/mol. The Bertz CT molecular complexity index is 565. The molecule has 5 heteroatoms. The van der Waals surface area contributed by atoms with Gasteiger partial charge in [-0.3, -0.25) is 4.18 Å². The second-order valence-corrected chi connectivity index (χ2v) is 7.24. The number of hydrogen-bond acceptors (Lipinski definition) is 4. The lowest BCUT2D eigenvalue weighted by Gasteiger charge is -2.28. The Morgan fingerprint density at radius 2 is 1.85 bits per heavy atom. The molecule has 0 spiro atoms. The topological polar surface area (TPSA) is 63.6 Å². The molecule has 0 aliphatic heterocycles. The van der Waals surface area contributed by atoms with Gasteiger partial charge in [0.05, 0.1) is 10.5 Å². The number of rotatable bonds is 6. The fourth-order valence-electron chi connectivity index (χ4n) is 1.63. The van der Waals surface area contributed by atoms with Gasteiger partial charge in [0.25, 0.3) is 10.1 Å². The van der Waals surface area contributed by atoms with Crippen molar-refractivity contribution in [2.75, 3.05) is 0 Å². The summed E-state index contributed by atoms with van der Waals surface area (Å²) in [5.74, 6) is 0. The number of benzene rings is 1. The minimum absolute atomic E-state index is 0.0825. The zero-order chi connectivity index (χ0) is 15.6. The predicted molar refractivity (Wildman–Crippen MR) is 79.0 cm³/mol. The van der Waals surface area contributed by atoms with Crippen LogP contribution >= 0.6 is 0 Å². The minimum Gasteiger partial charge on any atom is -0.388 e. The molecule has 0 aliphatic rings. The maximum atomic E-state index is 12.2. The number of aryl methyl sites for hydroxylation is 1. The molecule has 0 saturated carbocycles. The Balaban J connectivity index is 3.03. The van der Waals surface area contributed by atoms with Gasteiger partial charge in [-0.25, -0.2) is 0 Å². The van der Waals surface area contributed by atoms with E-state index < -0.39 is 21.8 Å². The Hall–Kier alpha value is -1.17. The first kappa shape index (κ1) is 16.9. The maximum absolute atomic E-state index is 12.2. The molecule has 20 heavy (non-hydrogen) atoms. The van der Waals surface area contributed by atoms with Crippen molar-refractivity contribution in [1.82, 2.24) is 0 Å². The van der Waals surface area contributed by atoms with Crippen molar-refractivity contribution in [1.29, 1.82) is 0 Å². The molecule has 0 heterocycles. The van der Waals surface area contributed by atoms with Gasteiger partial charge in [0.1, 0.15) is 6.10 Å². The fourth-order valence-corrected chi connectivity index (χ4v) is 2.82. The Labute approximate surface area is 121 Å². The van der Waals surface area contributed by atoms with Gasteiger partial charge >= 0.3 is 0 Å². The molecule has 0 bridgehead atoms. The molecule has 0 aromatic heterocycles. The zero-order valence-corrected chi connectivity index (χ0v) is 13.2. The Kier molecular flexibility index (Phi) is 5.13. The second kappa shape index (κ2) is 6.08. The van der Waals surface area contributed by atoms with Gasteiger partial charge in [-0.2, -0.15) is 8.42 Å².